The van der Waals surface area contributed by atoms with Crippen molar-refractivity contribution in [3.05, 3.63) is 75.7 Å². The molecule has 30 heavy (non-hydrogen) atoms. The molecule has 154 valence electrons. The van der Waals surface area contributed by atoms with Gasteiger partial charge in [-0.3, -0.25) is 19.4 Å². The zero-order chi connectivity index (χ0) is 21.5. The summed E-state index contributed by atoms with van der Waals surface area (Å²) in [5.41, 5.74) is 2.06. The number of benzene rings is 2. The van der Waals surface area contributed by atoms with Crippen molar-refractivity contribution >= 4 is 29.5 Å². The molecule has 1 aromatic heterocycles. The number of hydrogen-bond donors (Lipinski definition) is 3. The Balaban J connectivity index is 1.80. The van der Waals surface area contributed by atoms with E-state index >= 15 is 0 Å². The van der Waals surface area contributed by atoms with Crippen LogP contribution >= 0.6 is 0 Å². The summed E-state index contributed by atoms with van der Waals surface area (Å²) in [5.74, 6) is -0.952. The number of nitrogens with zero attached hydrogens (tertiary/aromatic N) is 3. The summed E-state index contributed by atoms with van der Waals surface area (Å²) in [6.07, 6.45) is 3.95. The SMILES string of the molecule is Cc1[nH]n(CCCC(=O)O)c(=O)c1N=Nc1cccc(/C=C/c2ccccc2)c1O. The summed E-state index contributed by atoms with van der Waals surface area (Å²) in [5, 5.41) is 30.2. The number of carboxylic acid groups (broad SMARTS) is 1. The van der Waals surface area contributed by atoms with Crippen molar-refractivity contribution in [1.29, 1.82) is 0 Å². The Labute approximate surface area is 172 Å². The number of H-pyrrole nitrogens is 1. The molecule has 3 rings (SSSR count). The van der Waals surface area contributed by atoms with Crippen LogP contribution in [0.5, 0.6) is 5.75 Å². The lowest BCUT2D eigenvalue weighted by Crippen LogP contribution is -2.17. The highest BCUT2D eigenvalue weighted by Gasteiger charge is 2.12. The van der Waals surface area contributed by atoms with Crippen molar-refractivity contribution in [3.63, 3.8) is 0 Å². The quantitative estimate of drug-likeness (QED) is 0.373. The average Bonchev–Trinajstić information content (AvgIpc) is 3.00. The van der Waals surface area contributed by atoms with Gasteiger partial charge in [-0.2, -0.15) is 0 Å². The van der Waals surface area contributed by atoms with Gasteiger partial charge in [-0.05, 0) is 25.0 Å². The number of aromatic nitrogens is 2. The van der Waals surface area contributed by atoms with Gasteiger partial charge in [0.05, 0.1) is 5.69 Å². The fraction of sp³-hybridized carbons (Fsp3) is 0.182. The lowest BCUT2D eigenvalue weighted by molar-refractivity contribution is -0.137. The summed E-state index contributed by atoms with van der Waals surface area (Å²) in [7, 11) is 0. The first-order valence-corrected chi connectivity index (χ1v) is 9.44. The third kappa shape index (κ3) is 5.11. The third-order valence-electron chi connectivity index (χ3n) is 4.44. The van der Waals surface area contributed by atoms with E-state index < -0.39 is 5.97 Å². The van der Waals surface area contributed by atoms with Gasteiger partial charge in [0.2, 0.25) is 0 Å². The molecule has 0 fully saturated rings. The molecule has 0 spiro atoms. The largest absolute Gasteiger partial charge is 0.505 e. The average molecular weight is 406 g/mol. The number of hydrogen-bond acceptors (Lipinski definition) is 5. The van der Waals surface area contributed by atoms with Gasteiger partial charge in [-0.1, -0.05) is 54.6 Å². The van der Waals surface area contributed by atoms with Crippen LogP contribution in [0, 0.1) is 6.92 Å². The second-order valence-corrected chi connectivity index (χ2v) is 6.70. The van der Waals surface area contributed by atoms with Crippen LogP contribution in [-0.4, -0.2) is 26.0 Å². The molecule has 3 aromatic rings. The number of phenols is 1. The number of aliphatic carboxylic acids is 1. The number of aryl methyl sites for hydroxylation is 2. The minimum Gasteiger partial charge on any atom is -0.505 e. The molecule has 8 nitrogen and oxygen atoms in total. The van der Waals surface area contributed by atoms with Gasteiger partial charge >= 0.3 is 5.97 Å². The highest BCUT2D eigenvalue weighted by Crippen LogP contribution is 2.32. The molecule has 3 N–H and O–H groups in total. The second-order valence-electron chi connectivity index (χ2n) is 6.70. The lowest BCUT2D eigenvalue weighted by Gasteiger charge is -2.02. The molecule has 0 atom stereocenters. The highest BCUT2D eigenvalue weighted by molar-refractivity contribution is 5.75. The van der Waals surface area contributed by atoms with Gasteiger partial charge in [0.1, 0.15) is 11.4 Å². The van der Waals surface area contributed by atoms with Crippen LogP contribution in [0.1, 0.15) is 29.7 Å². The zero-order valence-electron chi connectivity index (χ0n) is 16.4. The number of aromatic amines is 1. The maximum Gasteiger partial charge on any atom is 0.303 e. The van der Waals surface area contributed by atoms with Gasteiger partial charge in [-0.15, -0.1) is 10.2 Å². The fourth-order valence-electron chi connectivity index (χ4n) is 2.88. The van der Waals surface area contributed by atoms with Gasteiger partial charge in [0.25, 0.3) is 5.56 Å². The summed E-state index contributed by atoms with van der Waals surface area (Å²) < 4.78 is 1.31. The molecule has 0 unspecified atom stereocenters. The number of nitrogens with one attached hydrogen (secondary N) is 1. The molecule has 8 heteroatoms. The molecule has 0 radical (unpaired) electrons. The number of azo groups is 1. The normalized spacial score (nSPS) is 11.5. The van der Waals surface area contributed by atoms with Crippen LogP contribution in [0.4, 0.5) is 11.4 Å². The number of phenolic OH excluding ortho intramolecular Hbond substituents is 1. The van der Waals surface area contributed by atoms with Crippen LogP contribution in [0.3, 0.4) is 0 Å². The first-order chi connectivity index (χ1) is 14.5. The lowest BCUT2D eigenvalue weighted by atomic mass is 10.1. The Morgan fingerprint density at radius 3 is 2.60 bits per heavy atom. The number of rotatable bonds is 8. The molecule has 2 aromatic carbocycles. The molecule has 1 heterocycles. The van der Waals surface area contributed by atoms with E-state index in [1.807, 2.05) is 36.4 Å². The number of para-hydroxylation sites is 1. The van der Waals surface area contributed by atoms with E-state index in [1.54, 1.807) is 31.2 Å². The van der Waals surface area contributed by atoms with Crippen LogP contribution in [0.25, 0.3) is 12.2 Å². The molecular formula is C22H22N4O4. The molecule has 0 aliphatic heterocycles. The van der Waals surface area contributed by atoms with Crippen molar-refractivity contribution in [2.24, 2.45) is 10.2 Å². The predicted octanol–water partition coefficient (Wildman–Crippen LogP) is 4.64. The zero-order valence-corrected chi connectivity index (χ0v) is 16.4. The van der Waals surface area contributed by atoms with Crippen molar-refractivity contribution < 1.29 is 15.0 Å². The summed E-state index contributed by atoms with van der Waals surface area (Å²) in [6, 6.07) is 14.8. The van der Waals surface area contributed by atoms with Crippen molar-refractivity contribution in [1.82, 2.24) is 9.78 Å². The van der Waals surface area contributed by atoms with Gasteiger partial charge in [0.15, 0.2) is 5.69 Å². The first kappa shape index (κ1) is 20.8. The van der Waals surface area contributed by atoms with Crippen LogP contribution in [-0.2, 0) is 11.3 Å². The van der Waals surface area contributed by atoms with Crippen molar-refractivity contribution in [2.75, 3.05) is 0 Å². The minimum absolute atomic E-state index is 0.0292. The summed E-state index contributed by atoms with van der Waals surface area (Å²) >= 11 is 0. The molecule has 0 aliphatic carbocycles. The van der Waals surface area contributed by atoms with Gasteiger partial charge in [0, 0.05) is 18.5 Å². The smallest absolute Gasteiger partial charge is 0.303 e. The summed E-state index contributed by atoms with van der Waals surface area (Å²) in [4.78, 5) is 23.1. The Morgan fingerprint density at radius 2 is 1.87 bits per heavy atom. The minimum atomic E-state index is -0.914. The Kier molecular flexibility index (Phi) is 6.59. The molecular weight excluding hydrogens is 384 g/mol. The van der Waals surface area contributed by atoms with Gasteiger partial charge < -0.3 is 10.2 Å². The third-order valence-corrected chi connectivity index (χ3v) is 4.44. The first-order valence-electron chi connectivity index (χ1n) is 9.44. The van der Waals surface area contributed by atoms with E-state index in [4.69, 9.17) is 5.11 Å². The van der Waals surface area contributed by atoms with Gasteiger partial charge in [-0.25, -0.2) is 0 Å². The number of carboxylic acids is 1. The monoisotopic (exact) mass is 406 g/mol. The molecule has 0 aliphatic rings. The topological polar surface area (TPSA) is 120 Å². The molecule has 0 amide bonds. The van der Waals surface area contributed by atoms with E-state index in [1.165, 1.54) is 4.68 Å². The maximum absolute atomic E-state index is 12.5. The predicted molar refractivity (Wildman–Crippen MR) is 114 cm³/mol. The standard InChI is InChI=1S/C22H22N4O4/c1-15-20(22(30)26(25-15)14-6-11-19(27)28)24-23-18-10-5-9-17(21(18)29)13-12-16-7-3-2-4-8-16/h2-5,7-10,12-13,25,29H,6,11,14H2,1H3,(H,27,28)/b13-12+,24-23?. The molecule has 0 bridgehead atoms. The van der Waals surface area contributed by atoms with E-state index in [9.17, 15) is 14.7 Å². The molecule has 0 saturated carbocycles. The number of aromatic hydroxyl groups is 1. The number of carbonyl (C=O) groups is 1. The second kappa shape index (κ2) is 9.51. The Morgan fingerprint density at radius 1 is 1.10 bits per heavy atom. The van der Waals surface area contributed by atoms with Crippen molar-refractivity contribution in [3.8, 4) is 5.75 Å². The van der Waals surface area contributed by atoms with E-state index in [0.29, 0.717) is 17.7 Å². The Hall–Kier alpha value is -3.94. The van der Waals surface area contributed by atoms with Crippen molar-refractivity contribution in [2.45, 2.75) is 26.3 Å². The van der Waals surface area contributed by atoms with Crippen LogP contribution in [0.15, 0.2) is 63.6 Å². The van der Waals surface area contributed by atoms with E-state index in [2.05, 4.69) is 15.3 Å². The van der Waals surface area contributed by atoms with Crippen LogP contribution < -0.4 is 5.56 Å². The molecule has 0 saturated heterocycles. The Bertz CT molecular complexity index is 1140. The van der Waals surface area contributed by atoms with E-state index in [-0.39, 0.29) is 35.6 Å². The summed E-state index contributed by atoms with van der Waals surface area (Å²) in [6.45, 7) is 1.93. The highest BCUT2D eigenvalue weighted by atomic mass is 16.4. The van der Waals surface area contributed by atoms with E-state index in [0.717, 1.165) is 5.56 Å². The maximum atomic E-state index is 12.5. The fourth-order valence-corrected chi connectivity index (χ4v) is 2.88. The van der Waals surface area contributed by atoms with Crippen LogP contribution in [0.2, 0.25) is 0 Å².